The standard InChI is InChI=1S/C23H26N2O6S2/c1-17-3-6-20(15-18(17)2)25(21-9-14-32(27,28)16-21)23(26)19-4-7-22(8-5-19)33(29,30)24-10-12-31-13-11-24/h3-9,14-15,21H,10-13,16H2,1-2H3. The van der Waals surface area contributed by atoms with Crippen LogP contribution in [0.4, 0.5) is 5.69 Å². The monoisotopic (exact) mass is 490 g/mol. The average molecular weight is 491 g/mol. The molecule has 1 amide bonds. The maximum atomic E-state index is 13.5. The normalized spacial score (nSPS) is 20.6. The van der Waals surface area contributed by atoms with Gasteiger partial charge in [0.25, 0.3) is 5.91 Å². The van der Waals surface area contributed by atoms with Gasteiger partial charge in [0, 0.05) is 29.7 Å². The Kier molecular flexibility index (Phi) is 6.45. The van der Waals surface area contributed by atoms with Crippen LogP contribution in [-0.4, -0.2) is 65.1 Å². The van der Waals surface area contributed by atoms with E-state index in [-0.39, 0.29) is 29.3 Å². The predicted molar refractivity (Wildman–Crippen MR) is 125 cm³/mol. The van der Waals surface area contributed by atoms with E-state index in [9.17, 15) is 21.6 Å². The van der Waals surface area contributed by atoms with Crippen molar-refractivity contribution in [3.8, 4) is 0 Å². The number of ether oxygens (including phenoxy) is 1. The van der Waals surface area contributed by atoms with Gasteiger partial charge in [0.1, 0.15) is 0 Å². The molecule has 0 radical (unpaired) electrons. The summed E-state index contributed by atoms with van der Waals surface area (Å²) in [5.41, 5.74) is 2.88. The van der Waals surface area contributed by atoms with Crippen molar-refractivity contribution in [1.29, 1.82) is 0 Å². The lowest BCUT2D eigenvalue weighted by molar-refractivity contribution is 0.0730. The van der Waals surface area contributed by atoms with Crippen molar-refractivity contribution in [1.82, 2.24) is 4.31 Å². The van der Waals surface area contributed by atoms with Crippen molar-refractivity contribution in [2.75, 3.05) is 37.0 Å². The average Bonchev–Trinajstić information content (AvgIpc) is 3.16. The van der Waals surface area contributed by atoms with Gasteiger partial charge in [-0.05, 0) is 67.4 Å². The number of benzene rings is 2. The minimum absolute atomic E-state index is 0.0991. The Morgan fingerprint density at radius 3 is 2.27 bits per heavy atom. The van der Waals surface area contributed by atoms with Crippen LogP contribution in [0.5, 0.6) is 0 Å². The van der Waals surface area contributed by atoms with Crippen LogP contribution in [0.1, 0.15) is 21.5 Å². The molecule has 8 nitrogen and oxygen atoms in total. The molecule has 0 aromatic heterocycles. The van der Waals surface area contributed by atoms with Crippen LogP contribution >= 0.6 is 0 Å². The van der Waals surface area contributed by atoms with Crippen molar-refractivity contribution in [2.24, 2.45) is 0 Å². The third-order valence-corrected chi connectivity index (χ3v) is 9.23. The molecule has 2 aliphatic rings. The first-order valence-electron chi connectivity index (χ1n) is 10.6. The summed E-state index contributed by atoms with van der Waals surface area (Å²) >= 11 is 0. The second-order valence-electron chi connectivity index (χ2n) is 8.21. The van der Waals surface area contributed by atoms with Gasteiger partial charge < -0.3 is 9.64 Å². The zero-order valence-corrected chi connectivity index (χ0v) is 20.1. The second-order valence-corrected chi connectivity index (χ2v) is 12.1. The summed E-state index contributed by atoms with van der Waals surface area (Å²) in [6.45, 7) is 5.14. The molecule has 10 heteroatoms. The van der Waals surface area contributed by atoms with E-state index < -0.39 is 31.8 Å². The summed E-state index contributed by atoms with van der Waals surface area (Å²) in [5, 5.41) is 1.14. The van der Waals surface area contributed by atoms with Crippen LogP contribution in [0, 0.1) is 13.8 Å². The van der Waals surface area contributed by atoms with Crippen LogP contribution in [0.2, 0.25) is 0 Å². The third-order valence-electron chi connectivity index (χ3n) is 5.94. The Morgan fingerprint density at radius 1 is 1.03 bits per heavy atom. The molecule has 0 saturated carbocycles. The second kappa shape index (κ2) is 9.02. The highest BCUT2D eigenvalue weighted by Gasteiger charge is 2.33. The number of sulfone groups is 1. The fourth-order valence-electron chi connectivity index (χ4n) is 3.90. The summed E-state index contributed by atoms with van der Waals surface area (Å²) in [7, 11) is -7.07. The van der Waals surface area contributed by atoms with Crippen molar-refractivity contribution < 1.29 is 26.4 Å². The third kappa shape index (κ3) is 4.89. The Hall–Kier alpha value is -2.53. The molecule has 0 bridgehead atoms. The molecule has 0 spiro atoms. The molecule has 1 unspecified atom stereocenters. The van der Waals surface area contributed by atoms with Gasteiger partial charge in [-0.1, -0.05) is 6.07 Å². The Labute approximate surface area is 194 Å². The summed E-state index contributed by atoms with van der Waals surface area (Å²) in [5.74, 6) is -0.602. The minimum Gasteiger partial charge on any atom is -0.379 e. The molecule has 2 aromatic rings. The first-order valence-corrected chi connectivity index (χ1v) is 13.7. The number of nitrogens with zero attached hydrogens (tertiary/aromatic N) is 2. The molecular formula is C23H26N2O6S2. The largest absolute Gasteiger partial charge is 0.379 e. The first kappa shape index (κ1) is 23.6. The van der Waals surface area contributed by atoms with Gasteiger partial charge in [-0.2, -0.15) is 4.31 Å². The van der Waals surface area contributed by atoms with E-state index in [1.54, 1.807) is 6.07 Å². The first-order chi connectivity index (χ1) is 15.6. The number of hydrogen-bond donors (Lipinski definition) is 0. The highest BCUT2D eigenvalue weighted by Crippen LogP contribution is 2.27. The van der Waals surface area contributed by atoms with Gasteiger partial charge in [0.15, 0.2) is 9.84 Å². The molecule has 176 valence electrons. The summed E-state index contributed by atoms with van der Waals surface area (Å²) in [4.78, 5) is 15.1. The summed E-state index contributed by atoms with van der Waals surface area (Å²) in [6, 6.07) is 10.6. The smallest absolute Gasteiger partial charge is 0.258 e. The topological polar surface area (TPSA) is 101 Å². The fraction of sp³-hybridized carbons (Fsp3) is 0.348. The van der Waals surface area contributed by atoms with Gasteiger partial charge in [0.2, 0.25) is 10.0 Å². The van der Waals surface area contributed by atoms with Crippen molar-refractivity contribution in [3.05, 3.63) is 70.6 Å². The maximum absolute atomic E-state index is 13.5. The molecule has 2 aliphatic heterocycles. The number of carbonyl (C=O) groups is 1. The fourth-order valence-corrected chi connectivity index (χ4v) is 6.58. The number of sulfonamides is 1. The van der Waals surface area contributed by atoms with E-state index in [4.69, 9.17) is 4.74 Å². The number of hydrogen-bond acceptors (Lipinski definition) is 6. The lowest BCUT2D eigenvalue weighted by atomic mass is 10.1. The number of carbonyl (C=O) groups excluding carboxylic acids is 1. The van der Waals surface area contributed by atoms with Gasteiger partial charge >= 0.3 is 0 Å². The summed E-state index contributed by atoms with van der Waals surface area (Å²) in [6.07, 6.45) is 1.51. The maximum Gasteiger partial charge on any atom is 0.258 e. The molecular weight excluding hydrogens is 464 g/mol. The lowest BCUT2D eigenvalue weighted by Gasteiger charge is -2.29. The molecule has 4 rings (SSSR count). The highest BCUT2D eigenvalue weighted by atomic mass is 32.2. The van der Waals surface area contributed by atoms with E-state index in [0.29, 0.717) is 18.9 Å². The molecule has 33 heavy (non-hydrogen) atoms. The van der Waals surface area contributed by atoms with E-state index in [1.165, 1.54) is 39.5 Å². The Balaban J connectivity index is 1.66. The summed E-state index contributed by atoms with van der Waals surface area (Å²) < 4.78 is 56.4. The molecule has 1 fully saturated rings. The SMILES string of the molecule is Cc1ccc(N(C(=O)c2ccc(S(=O)(=O)N3CCOCC3)cc2)C2C=CS(=O)(=O)C2)cc1C. The molecule has 1 saturated heterocycles. The molecule has 2 aromatic carbocycles. The van der Waals surface area contributed by atoms with Crippen LogP contribution in [-0.2, 0) is 24.6 Å². The van der Waals surface area contributed by atoms with Crippen molar-refractivity contribution in [2.45, 2.75) is 24.8 Å². The molecule has 0 N–H and O–H groups in total. The van der Waals surface area contributed by atoms with Crippen LogP contribution in [0.15, 0.2) is 58.8 Å². The van der Waals surface area contributed by atoms with Gasteiger partial charge in [0.05, 0.1) is 29.9 Å². The van der Waals surface area contributed by atoms with E-state index in [2.05, 4.69) is 0 Å². The van der Waals surface area contributed by atoms with E-state index in [0.717, 1.165) is 16.5 Å². The van der Waals surface area contributed by atoms with Gasteiger partial charge in [-0.3, -0.25) is 4.79 Å². The van der Waals surface area contributed by atoms with E-state index >= 15 is 0 Å². The minimum atomic E-state index is -3.68. The number of amides is 1. The van der Waals surface area contributed by atoms with Crippen LogP contribution in [0.3, 0.4) is 0 Å². The predicted octanol–water partition coefficient (Wildman–Crippen LogP) is 2.28. The number of anilines is 1. The number of morpholine rings is 1. The zero-order chi connectivity index (χ0) is 23.8. The van der Waals surface area contributed by atoms with Crippen molar-refractivity contribution in [3.63, 3.8) is 0 Å². The molecule has 1 atom stereocenters. The van der Waals surface area contributed by atoms with E-state index in [1.807, 2.05) is 26.0 Å². The van der Waals surface area contributed by atoms with Crippen LogP contribution < -0.4 is 4.90 Å². The van der Waals surface area contributed by atoms with Gasteiger partial charge in [-0.15, -0.1) is 0 Å². The zero-order valence-electron chi connectivity index (χ0n) is 18.5. The van der Waals surface area contributed by atoms with Gasteiger partial charge in [-0.25, -0.2) is 16.8 Å². The highest BCUT2D eigenvalue weighted by molar-refractivity contribution is 7.94. The quantitative estimate of drug-likeness (QED) is 0.637. The molecule has 0 aliphatic carbocycles. The number of rotatable bonds is 5. The Bertz CT molecular complexity index is 1290. The lowest BCUT2D eigenvalue weighted by Crippen LogP contribution is -2.41. The Morgan fingerprint density at radius 2 is 1.70 bits per heavy atom. The number of aryl methyl sites for hydroxylation is 2. The van der Waals surface area contributed by atoms with Crippen molar-refractivity contribution >= 4 is 31.5 Å². The molecule has 2 heterocycles. The van der Waals surface area contributed by atoms with Crippen LogP contribution in [0.25, 0.3) is 0 Å².